The van der Waals surface area contributed by atoms with E-state index in [4.69, 9.17) is 5.11 Å². The number of carbonyl (C=O) groups is 3. The lowest BCUT2D eigenvalue weighted by atomic mass is 9.95. The summed E-state index contributed by atoms with van der Waals surface area (Å²) in [6.45, 7) is 2.94. The van der Waals surface area contributed by atoms with Gasteiger partial charge in [0.25, 0.3) is 0 Å². The molecule has 2 aromatic carbocycles. The Hall–Kier alpha value is -2.95. The van der Waals surface area contributed by atoms with Crippen LogP contribution in [-0.2, 0) is 9.59 Å². The van der Waals surface area contributed by atoms with Crippen molar-refractivity contribution >= 4 is 23.3 Å². The SMILES string of the molecule is CC(=O)Nc1ccccc1C(=O)c1cccc(C(C)C(=O)O)c1. The Morgan fingerprint density at radius 3 is 2.39 bits per heavy atom. The molecular weight excluding hydrogens is 294 g/mol. The molecule has 0 aliphatic rings. The van der Waals surface area contributed by atoms with E-state index >= 15 is 0 Å². The van der Waals surface area contributed by atoms with Crippen molar-refractivity contribution in [3.05, 3.63) is 65.2 Å². The summed E-state index contributed by atoms with van der Waals surface area (Å²) in [5, 5.41) is 11.7. The number of rotatable bonds is 5. The Kier molecular flexibility index (Phi) is 4.91. The third kappa shape index (κ3) is 3.83. The van der Waals surface area contributed by atoms with E-state index in [-0.39, 0.29) is 11.7 Å². The minimum atomic E-state index is -0.951. The number of benzene rings is 2. The van der Waals surface area contributed by atoms with E-state index in [0.29, 0.717) is 22.4 Å². The van der Waals surface area contributed by atoms with Gasteiger partial charge >= 0.3 is 5.97 Å². The molecule has 0 aliphatic carbocycles. The van der Waals surface area contributed by atoms with Gasteiger partial charge in [-0.15, -0.1) is 0 Å². The van der Waals surface area contributed by atoms with Gasteiger partial charge in [-0.2, -0.15) is 0 Å². The predicted octanol–water partition coefficient (Wildman–Crippen LogP) is 3.06. The molecule has 5 heteroatoms. The summed E-state index contributed by atoms with van der Waals surface area (Å²) in [5.74, 6) is -2.19. The monoisotopic (exact) mass is 311 g/mol. The first-order chi connectivity index (χ1) is 10.9. The van der Waals surface area contributed by atoms with Crippen LogP contribution in [-0.4, -0.2) is 22.8 Å². The van der Waals surface area contributed by atoms with Crippen molar-refractivity contribution in [2.75, 3.05) is 5.32 Å². The average molecular weight is 311 g/mol. The van der Waals surface area contributed by atoms with E-state index in [1.165, 1.54) is 6.92 Å². The van der Waals surface area contributed by atoms with Crippen molar-refractivity contribution in [2.45, 2.75) is 19.8 Å². The van der Waals surface area contributed by atoms with Gasteiger partial charge in [0.15, 0.2) is 5.78 Å². The molecule has 0 aromatic heterocycles. The largest absolute Gasteiger partial charge is 0.481 e. The molecule has 2 aromatic rings. The van der Waals surface area contributed by atoms with Crippen LogP contribution in [0.2, 0.25) is 0 Å². The maximum Gasteiger partial charge on any atom is 0.310 e. The Balaban J connectivity index is 2.40. The van der Waals surface area contributed by atoms with Crippen LogP contribution in [0.3, 0.4) is 0 Å². The third-order valence-electron chi connectivity index (χ3n) is 3.50. The molecule has 118 valence electrons. The molecule has 1 atom stereocenters. The van der Waals surface area contributed by atoms with Crippen LogP contribution in [0.4, 0.5) is 5.69 Å². The smallest absolute Gasteiger partial charge is 0.310 e. The number of carboxylic acid groups (broad SMARTS) is 1. The lowest BCUT2D eigenvalue weighted by Crippen LogP contribution is -2.12. The molecule has 0 radical (unpaired) electrons. The second-order valence-electron chi connectivity index (χ2n) is 5.24. The van der Waals surface area contributed by atoms with Gasteiger partial charge in [-0.1, -0.05) is 30.3 Å². The highest BCUT2D eigenvalue weighted by atomic mass is 16.4. The topological polar surface area (TPSA) is 83.5 Å². The van der Waals surface area contributed by atoms with Gasteiger partial charge in [-0.05, 0) is 30.7 Å². The zero-order chi connectivity index (χ0) is 17.0. The quantitative estimate of drug-likeness (QED) is 0.831. The zero-order valence-electron chi connectivity index (χ0n) is 12.9. The van der Waals surface area contributed by atoms with E-state index in [9.17, 15) is 14.4 Å². The summed E-state index contributed by atoms with van der Waals surface area (Å²) in [6.07, 6.45) is 0. The zero-order valence-corrected chi connectivity index (χ0v) is 12.9. The van der Waals surface area contributed by atoms with Gasteiger partial charge < -0.3 is 10.4 Å². The number of anilines is 1. The Bertz CT molecular complexity index is 767. The predicted molar refractivity (Wildman–Crippen MR) is 86.7 cm³/mol. The van der Waals surface area contributed by atoms with Crippen LogP contribution in [0.1, 0.15) is 41.3 Å². The van der Waals surface area contributed by atoms with Crippen molar-refractivity contribution in [3.8, 4) is 0 Å². The molecule has 2 N–H and O–H groups in total. The number of carboxylic acids is 1. The van der Waals surface area contributed by atoms with Crippen LogP contribution in [0.25, 0.3) is 0 Å². The Morgan fingerprint density at radius 2 is 1.74 bits per heavy atom. The summed E-state index contributed by atoms with van der Waals surface area (Å²) in [6, 6.07) is 13.3. The lowest BCUT2D eigenvalue weighted by Gasteiger charge is -2.11. The van der Waals surface area contributed by atoms with Crippen molar-refractivity contribution < 1.29 is 19.5 Å². The summed E-state index contributed by atoms with van der Waals surface area (Å²) >= 11 is 0. The standard InChI is InChI=1S/C18H17NO4/c1-11(18(22)23)13-6-5-7-14(10-13)17(21)15-8-3-4-9-16(15)19-12(2)20/h3-11H,1-2H3,(H,19,20)(H,22,23). The van der Waals surface area contributed by atoms with Gasteiger partial charge in [0.05, 0.1) is 11.6 Å². The summed E-state index contributed by atoms with van der Waals surface area (Å²) in [4.78, 5) is 35.0. The molecule has 0 saturated heterocycles. The summed E-state index contributed by atoms with van der Waals surface area (Å²) in [7, 11) is 0. The first-order valence-electron chi connectivity index (χ1n) is 7.14. The maximum absolute atomic E-state index is 12.7. The van der Waals surface area contributed by atoms with Crippen molar-refractivity contribution in [2.24, 2.45) is 0 Å². The second kappa shape index (κ2) is 6.87. The molecule has 2 rings (SSSR count). The fourth-order valence-corrected chi connectivity index (χ4v) is 2.23. The van der Waals surface area contributed by atoms with E-state index in [1.807, 2.05) is 0 Å². The van der Waals surface area contributed by atoms with E-state index in [0.717, 1.165) is 0 Å². The number of carbonyl (C=O) groups excluding carboxylic acids is 2. The molecule has 1 amide bonds. The fraction of sp³-hybridized carbons (Fsp3) is 0.167. The molecule has 5 nitrogen and oxygen atoms in total. The highest BCUT2D eigenvalue weighted by molar-refractivity contribution is 6.13. The average Bonchev–Trinajstić information content (AvgIpc) is 2.53. The molecule has 0 fully saturated rings. The summed E-state index contributed by atoms with van der Waals surface area (Å²) in [5.41, 5.74) is 1.73. The van der Waals surface area contributed by atoms with Crippen molar-refractivity contribution in [1.82, 2.24) is 0 Å². The molecular formula is C18H17NO4. The number of nitrogens with one attached hydrogen (secondary N) is 1. The second-order valence-corrected chi connectivity index (χ2v) is 5.24. The molecule has 23 heavy (non-hydrogen) atoms. The maximum atomic E-state index is 12.7. The lowest BCUT2D eigenvalue weighted by molar-refractivity contribution is -0.138. The molecule has 1 unspecified atom stereocenters. The van der Waals surface area contributed by atoms with Crippen molar-refractivity contribution in [3.63, 3.8) is 0 Å². The van der Waals surface area contributed by atoms with Gasteiger partial charge in [-0.3, -0.25) is 14.4 Å². The summed E-state index contributed by atoms with van der Waals surface area (Å²) < 4.78 is 0. The van der Waals surface area contributed by atoms with Crippen LogP contribution in [0, 0.1) is 0 Å². The molecule has 0 spiro atoms. The minimum absolute atomic E-state index is 0.265. The van der Waals surface area contributed by atoms with Crippen molar-refractivity contribution in [1.29, 1.82) is 0 Å². The third-order valence-corrected chi connectivity index (χ3v) is 3.50. The Labute approximate surface area is 134 Å². The van der Waals surface area contributed by atoms with E-state index in [2.05, 4.69) is 5.32 Å². The molecule has 0 heterocycles. The highest BCUT2D eigenvalue weighted by Gasteiger charge is 2.18. The first kappa shape index (κ1) is 16.4. The van der Waals surface area contributed by atoms with Crippen LogP contribution in [0.5, 0.6) is 0 Å². The van der Waals surface area contributed by atoms with Gasteiger partial charge in [0, 0.05) is 18.1 Å². The number of para-hydroxylation sites is 1. The number of ketones is 1. The highest BCUT2D eigenvalue weighted by Crippen LogP contribution is 2.22. The van der Waals surface area contributed by atoms with Gasteiger partial charge in [0.2, 0.25) is 5.91 Å². The molecule has 0 aliphatic heterocycles. The van der Waals surface area contributed by atoms with E-state index < -0.39 is 11.9 Å². The van der Waals surface area contributed by atoms with Crippen LogP contribution >= 0.6 is 0 Å². The van der Waals surface area contributed by atoms with Crippen LogP contribution in [0.15, 0.2) is 48.5 Å². The Morgan fingerprint density at radius 1 is 1.04 bits per heavy atom. The number of amides is 1. The van der Waals surface area contributed by atoms with E-state index in [1.54, 1.807) is 55.5 Å². The number of aliphatic carboxylic acids is 1. The first-order valence-corrected chi connectivity index (χ1v) is 7.14. The fourth-order valence-electron chi connectivity index (χ4n) is 2.23. The van der Waals surface area contributed by atoms with Gasteiger partial charge in [-0.25, -0.2) is 0 Å². The molecule has 0 bridgehead atoms. The van der Waals surface area contributed by atoms with Crippen LogP contribution < -0.4 is 5.32 Å². The number of hydrogen-bond acceptors (Lipinski definition) is 3. The van der Waals surface area contributed by atoms with Gasteiger partial charge in [0.1, 0.15) is 0 Å². The normalized spacial score (nSPS) is 11.6. The minimum Gasteiger partial charge on any atom is -0.481 e. The molecule has 0 saturated carbocycles. The number of hydrogen-bond donors (Lipinski definition) is 2.